The first-order chi connectivity index (χ1) is 7.95. The molecule has 1 saturated heterocycles. The molecule has 17 heavy (non-hydrogen) atoms. The minimum Gasteiger partial charge on any atom is -0.311 e. The number of hydrogen-bond acceptors (Lipinski definition) is 3. The van der Waals surface area contributed by atoms with E-state index in [1.54, 1.807) is 4.31 Å². The normalized spacial score (nSPS) is 33.1. The number of rotatable bonds is 3. The summed E-state index contributed by atoms with van der Waals surface area (Å²) in [5.41, 5.74) is 0. The Morgan fingerprint density at radius 3 is 2.18 bits per heavy atom. The average Bonchev–Trinajstić information content (AvgIpc) is 2.63. The predicted molar refractivity (Wildman–Crippen MR) is 69.4 cm³/mol. The van der Waals surface area contributed by atoms with E-state index in [-0.39, 0.29) is 0 Å². The first kappa shape index (κ1) is 13.3. The molecule has 4 nitrogen and oxygen atoms in total. The lowest BCUT2D eigenvalue weighted by Crippen LogP contribution is -2.47. The second-order valence-electron chi connectivity index (χ2n) is 5.72. The molecular weight excluding hydrogens is 236 g/mol. The highest BCUT2D eigenvalue weighted by molar-refractivity contribution is 7.88. The third kappa shape index (κ3) is 3.66. The molecule has 1 heterocycles. The van der Waals surface area contributed by atoms with Gasteiger partial charge in [0, 0.05) is 25.2 Å². The standard InChI is InChI=1S/C12H24N2O2S/c1-10-3-4-12(9-10)13-11-5-7-14(8-6-11)17(2,15)16/h10-13H,3-9H2,1-2H3. The van der Waals surface area contributed by atoms with Crippen molar-refractivity contribution in [1.29, 1.82) is 0 Å². The van der Waals surface area contributed by atoms with Crippen LogP contribution < -0.4 is 5.32 Å². The van der Waals surface area contributed by atoms with Gasteiger partial charge in [-0.1, -0.05) is 6.92 Å². The SMILES string of the molecule is CC1CCC(NC2CCN(S(C)(=O)=O)CC2)C1. The molecule has 0 bridgehead atoms. The van der Waals surface area contributed by atoms with E-state index in [4.69, 9.17) is 0 Å². The molecule has 1 N–H and O–H groups in total. The number of sulfonamides is 1. The Labute approximate surface area is 105 Å². The molecule has 100 valence electrons. The number of nitrogens with one attached hydrogen (secondary N) is 1. The van der Waals surface area contributed by atoms with Gasteiger partial charge in [0.05, 0.1) is 6.26 Å². The van der Waals surface area contributed by atoms with Crippen molar-refractivity contribution in [2.75, 3.05) is 19.3 Å². The third-order valence-electron chi connectivity index (χ3n) is 4.09. The van der Waals surface area contributed by atoms with Crippen LogP contribution in [0.4, 0.5) is 0 Å². The van der Waals surface area contributed by atoms with E-state index in [1.165, 1.54) is 25.5 Å². The number of piperidine rings is 1. The second kappa shape index (κ2) is 5.24. The van der Waals surface area contributed by atoms with E-state index in [0.717, 1.165) is 18.8 Å². The Kier molecular flexibility index (Phi) is 4.10. The first-order valence-corrected chi connectivity index (χ1v) is 8.51. The van der Waals surface area contributed by atoms with E-state index >= 15 is 0 Å². The predicted octanol–water partition coefficient (Wildman–Crippen LogP) is 1.19. The Hall–Kier alpha value is -0.130. The van der Waals surface area contributed by atoms with Crippen molar-refractivity contribution >= 4 is 10.0 Å². The van der Waals surface area contributed by atoms with Crippen molar-refractivity contribution in [2.45, 2.75) is 51.1 Å². The smallest absolute Gasteiger partial charge is 0.211 e. The summed E-state index contributed by atoms with van der Waals surface area (Å²) in [7, 11) is -2.98. The van der Waals surface area contributed by atoms with E-state index in [2.05, 4.69) is 12.2 Å². The summed E-state index contributed by atoms with van der Waals surface area (Å²) >= 11 is 0. The van der Waals surface area contributed by atoms with Gasteiger partial charge in [0.1, 0.15) is 0 Å². The van der Waals surface area contributed by atoms with Crippen LogP contribution in [0.3, 0.4) is 0 Å². The summed E-state index contributed by atoms with van der Waals surface area (Å²) in [6, 6.07) is 1.18. The fraction of sp³-hybridized carbons (Fsp3) is 1.00. The monoisotopic (exact) mass is 260 g/mol. The molecule has 0 amide bonds. The van der Waals surface area contributed by atoms with Crippen LogP contribution in [-0.4, -0.2) is 44.2 Å². The van der Waals surface area contributed by atoms with E-state index in [9.17, 15) is 8.42 Å². The van der Waals surface area contributed by atoms with Gasteiger partial charge < -0.3 is 5.32 Å². The summed E-state index contributed by atoms with van der Waals surface area (Å²) in [6.45, 7) is 3.67. The van der Waals surface area contributed by atoms with Gasteiger partial charge in [-0.2, -0.15) is 0 Å². The van der Waals surface area contributed by atoms with Gasteiger partial charge in [0.2, 0.25) is 10.0 Å². The molecule has 5 heteroatoms. The molecule has 0 aromatic heterocycles. The van der Waals surface area contributed by atoms with Crippen LogP contribution in [0.5, 0.6) is 0 Å². The Morgan fingerprint density at radius 2 is 1.71 bits per heavy atom. The Bertz CT molecular complexity index is 348. The van der Waals surface area contributed by atoms with Crippen LogP contribution in [0, 0.1) is 5.92 Å². The van der Waals surface area contributed by atoms with Crippen LogP contribution in [0.25, 0.3) is 0 Å². The molecule has 2 rings (SSSR count). The van der Waals surface area contributed by atoms with Crippen LogP contribution in [0.1, 0.15) is 39.0 Å². The maximum absolute atomic E-state index is 11.4. The van der Waals surface area contributed by atoms with Crippen molar-refractivity contribution in [2.24, 2.45) is 5.92 Å². The van der Waals surface area contributed by atoms with Crippen molar-refractivity contribution in [3.05, 3.63) is 0 Å². The fourth-order valence-electron chi connectivity index (χ4n) is 3.05. The van der Waals surface area contributed by atoms with E-state index in [0.29, 0.717) is 25.2 Å². The van der Waals surface area contributed by atoms with Crippen LogP contribution in [-0.2, 0) is 10.0 Å². The van der Waals surface area contributed by atoms with E-state index in [1.807, 2.05) is 0 Å². The third-order valence-corrected chi connectivity index (χ3v) is 5.39. The quantitative estimate of drug-likeness (QED) is 0.829. The summed E-state index contributed by atoms with van der Waals surface area (Å²) in [5.74, 6) is 0.851. The summed E-state index contributed by atoms with van der Waals surface area (Å²) in [6.07, 6.45) is 7.12. The topological polar surface area (TPSA) is 49.4 Å². The Balaban J connectivity index is 1.76. The summed E-state index contributed by atoms with van der Waals surface area (Å²) < 4.78 is 24.4. The van der Waals surface area contributed by atoms with Crippen molar-refractivity contribution < 1.29 is 8.42 Å². The highest BCUT2D eigenvalue weighted by Crippen LogP contribution is 2.26. The van der Waals surface area contributed by atoms with Crippen LogP contribution in [0.15, 0.2) is 0 Å². The van der Waals surface area contributed by atoms with Gasteiger partial charge in [-0.05, 0) is 38.0 Å². The maximum Gasteiger partial charge on any atom is 0.211 e. The minimum atomic E-state index is -2.98. The molecule has 1 aliphatic heterocycles. The highest BCUT2D eigenvalue weighted by Gasteiger charge is 2.28. The van der Waals surface area contributed by atoms with Crippen LogP contribution in [0.2, 0.25) is 0 Å². The van der Waals surface area contributed by atoms with E-state index < -0.39 is 10.0 Å². The molecule has 0 radical (unpaired) electrons. The van der Waals surface area contributed by atoms with Gasteiger partial charge in [0.15, 0.2) is 0 Å². The summed E-state index contributed by atoms with van der Waals surface area (Å²) in [5, 5.41) is 3.70. The van der Waals surface area contributed by atoms with Gasteiger partial charge in [-0.15, -0.1) is 0 Å². The zero-order chi connectivity index (χ0) is 12.5. The highest BCUT2D eigenvalue weighted by atomic mass is 32.2. The molecule has 0 aromatic rings. The molecule has 0 spiro atoms. The minimum absolute atomic E-state index is 0.517. The summed E-state index contributed by atoms with van der Waals surface area (Å²) in [4.78, 5) is 0. The van der Waals surface area contributed by atoms with Crippen molar-refractivity contribution in [3.63, 3.8) is 0 Å². The van der Waals surface area contributed by atoms with Gasteiger partial charge in [-0.3, -0.25) is 0 Å². The molecule has 1 saturated carbocycles. The van der Waals surface area contributed by atoms with Crippen LogP contribution >= 0.6 is 0 Å². The molecule has 2 fully saturated rings. The lowest BCUT2D eigenvalue weighted by molar-refractivity contribution is 0.273. The lowest BCUT2D eigenvalue weighted by atomic mass is 10.0. The largest absolute Gasteiger partial charge is 0.311 e. The molecule has 2 atom stereocenters. The molecular formula is C12H24N2O2S. The lowest BCUT2D eigenvalue weighted by Gasteiger charge is -2.32. The second-order valence-corrected chi connectivity index (χ2v) is 7.70. The molecule has 1 aliphatic carbocycles. The van der Waals surface area contributed by atoms with Gasteiger partial charge >= 0.3 is 0 Å². The maximum atomic E-state index is 11.4. The Morgan fingerprint density at radius 1 is 1.06 bits per heavy atom. The zero-order valence-electron chi connectivity index (χ0n) is 10.9. The fourth-order valence-corrected chi connectivity index (χ4v) is 3.92. The van der Waals surface area contributed by atoms with Crippen molar-refractivity contribution in [3.8, 4) is 0 Å². The molecule has 2 unspecified atom stereocenters. The van der Waals surface area contributed by atoms with Crippen molar-refractivity contribution in [1.82, 2.24) is 9.62 Å². The molecule has 2 aliphatic rings. The first-order valence-electron chi connectivity index (χ1n) is 6.66. The van der Waals surface area contributed by atoms with Gasteiger partial charge in [-0.25, -0.2) is 12.7 Å². The zero-order valence-corrected chi connectivity index (χ0v) is 11.7. The average molecular weight is 260 g/mol. The number of hydrogen-bond donors (Lipinski definition) is 1. The molecule has 0 aromatic carbocycles. The van der Waals surface area contributed by atoms with Gasteiger partial charge in [0.25, 0.3) is 0 Å². The number of nitrogens with zero attached hydrogens (tertiary/aromatic N) is 1.